The number of urea groups is 2. The average molecular weight is 709 g/mol. The van der Waals surface area contributed by atoms with Crippen molar-refractivity contribution in [2.45, 2.75) is 25.3 Å². The van der Waals surface area contributed by atoms with Gasteiger partial charge in [0.05, 0.1) is 41.4 Å². The number of rotatable bonds is 9. The number of hydrogen-bond donors (Lipinski definition) is 5. The summed E-state index contributed by atoms with van der Waals surface area (Å²) in [6, 6.07) is 26.5. The van der Waals surface area contributed by atoms with Crippen molar-refractivity contribution < 1.29 is 32.0 Å². The Bertz CT molecular complexity index is 1770. The third-order valence-electron chi connectivity index (χ3n) is 5.73. The molecule has 0 aromatic heterocycles. The first-order chi connectivity index (χ1) is 24.1. The lowest BCUT2D eigenvalue weighted by Crippen LogP contribution is -2.25. The number of anilines is 2. The Labute approximate surface area is 293 Å². The van der Waals surface area contributed by atoms with Crippen LogP contribution in [0.3, 0.4) is 0 Å². The molecule has 0 saturated heterocycles. The lowest BCUT2D eigenvalue weighted by molar-refractivity contribution is 0.253. The normalized spacial score (nSPS) is 10.4. The van der Waals surface area contributed by atoms with Crippen LogP contribution in [-0.2, 0) is 25.6 Å². The SMILES string of the molecule is CC.CNC(=O)Nc1ccc(N=Nc2cccc(S(=O)(=O)OC)c2)cc1CO.CNC(=O)Nc1ccc(N=Nc2ccccc2)cc1.COC. The molecule has 0 aliphatic carbocycles. The van der Waals surface area contributed by atoms with Crippen molar-refractivity contribution in [2.75, 3.05) is 46.1 Å². The molecule has 5 N–H and O–H groups in total. The minimum Gasteiger partial charge on any atom is -0.392 e. The van der Waals surface area contributed by atoms with Crippen LogP contribution in [0.15, 0.2) is 122 Å². The molecule has 4 rings (SSSR count). The number of aliphatic hydroxyl groups is 1. The molecule has 16 heteroatoms. The van der Waals surface area contributed by atoms with Crippen molar-refractivity contribution >= 4 is 56.3 Å². The van der Waals surface area contributed by atoms with Gasteiger partial charge in [-0.1, -0.05) is 38.1 Å². The van der Waals surface area contributed by atoms with Gasteiger partial charge in [0.15, 0.2) is 0 Å². The predicted octanol–water partition coefficient (Wildman–Crippen LogP) is 7.82. The van der Waals surface area contributed by atoms with E-state index < -0.39 is 16.1 Å². The topological polar surface area (TPSA) is 205 Å². The van der Waals surface area contributed by atoms with Crippen LogP contribution in [0.2, 0.25) is 0 Å². The Morgan fingerprint density at radius 1 is 0.660 bits per heavy atom. The van der Waals surface area contributed by atoms with Gasteiger partial charge >= 0.3 is 12.1 Å². The molecule has 0 spiro atoms. The molecule has 0 saturated carbocycles. The fourth-order valence-electron chi connectivity index (χ4n) is 3.41. The maximum Gasteiger partial charge on any atom is 0.318 e. The van der Waals surface area contributed by atoms with Gasteiger partial charge < -0.3 is 31.1 Å². The highest BCUT2D eigenvalue weighted by molar-refractivity contribution is 7.86. The summed E-state index contributed by atoms with van der Waals surface area (Å²) in [5.74, 6) is 0. The largest absolute Gasteiger partial charge is 0.392 e. The molecular formula is C34H44N8O7S. The molecule has 4 aromatic rings. The Balaban J connectivity index is 0.000000458. The van der Waals surface area contributed by atoms with E-state index in [0.29, 0.717) is 28.3 Å². The Kier molecular flexibility index (Phi) is 20.2. The monoisotopic (exact) mass is 708 g/mol. The summed E-state index contributed by atoms with van der Waals surface area (Å²) in [6.07, 6.45) is 0. The van der Waals surface area contributed by atoms with Gasteiger partial charge in [0, 0.05) is 45.3 Å². The number of azo groups is 2. The summed E-state index contributed by atoms with van der Waals surface area (Å²) < 4.78 is 32.1. The van der Waals surface area contributed by atoms with Gasteiger partial charge in [-0.2, -0.15) is 28.9 Å². The summed E-state index contributed by atoms with van der Waals surface area (Å²) in [4.78, 5) is 22.5. The molecule has 4 aromatic carbocycles. The van der Waals surface area contributed by atoms with E-state index in [4.69, 9.17) is 0 Å². The molecule has 0 heterocycles. The fraction of sp³-hybridized carbons (Fsp3) is 0.235. The number of methoxy groups -OCH3 is 1. The molecular weight excluding hydrogens is 664 g/mol. The molecule has 268 valence electrons. The second-order valence-corrected chi connectivity index (χ2v) is 10.9. The zero-order chi connectivity index (χ0) is 37.4. The molecule has 0 unspecified atom stereocenters. The van der Waals surface area contributed by atoms with Crippen molar-refractivity contribution in [3.05, 3.63) is 103 Å². The zero-order valence-electron chi connectivity index (χ0n) is 29.0. The highest BCUT2D eigenvalue weighted by Gasteiger charge is 2.13. The Hall–Kier alpha value is -5.55. The summed E-state index contributed by atoms with van der Waals surface area (Å²) in [7, 11) is 3.56. The summed E-state index contributed by atoms with van der Waals surface area (Å²) in [5, 5.41) is 35.8. The lowest BCUT2D eigenvalue weighted by Gasteiger charge is -2.09. The molecule has 0 radical (unpaired) electrons. The first kappa shape index (κ1) is 42.5. The van der Waals surface area contributed by atoms with Gasteiger partial charge in [-0.3, -0.25) is 4.18 Å². The van der Waals surface area contributed by atoms with Crippen LogP contribution in [-0.4, -0.2) is 61.0 Å². The Morgan fingerprint density at radius 3 is 1.68 bits per heavy atom. The molecule has 0 atom stereocenters. The van der Waals surface area contributed by atoms with Crippen LogP contribution in [0.4, 0.5) is 43.7 Å². The number of nitrogens with zero attached hydrogens (tertiary/aromatic N) is 4. The summed E-state index contributed by atoms with van der Waals surface area (Å²) >= 11 is 0. The first-order valence-corrected chi connectivity index (χ1v) is 16.5. The maximum atomic E-state index is 11.7. The third-order valence-corrected chi connectivity index (χ3v) is 7.00. The van der Waals surface area contributed by atoms with Crippen LogP contribution in [0, 0.1) is 0 Å². The first-order valence-electron chi connectivity index (χ1n) is 15.1. The van der Waals surface area contributed by atoms with Crippen molar-refractivity contribution in [3.63, 3.8) is 0 Å². The van der Waals surface area contributed by atoms with Crippen molar-refractivity contribution in [2.24, 2.45) is 20.5 Å². The van der Waals surface area contributed by atoms with E-state index in [1.807, 2.05) is 44.2 Å². The maximum absolute atomic E-state index is 11.7. The van der Waals surface area contributed by atoms with E-state index in [9.17, 15) is 23.1 Å². The van der Waals surface area contributed by atoms with E-state index in [2.05, 4.69) is 50.6 Å². The van der Waals surface area contributed by atoms with E-state index in [1.54, 1.807) is 69.8 Å². The van der Waals surface area contributed by atoms with Crippen LogP contribution in [0.1, 0.15) is 19.4 Å². The van der Waals surface area contributed by atoms with Gasteiger partial charge in [0.2, 0.25) is 0 Å². The standard InChI is InChI=1S/C16H18N4O5S.C14H14N4O.C2H6O.C2H6/c1-17-16(22)18-15-7-6-13(8-11(15)10-21)20-19-12-4-3-5-14(9-12)26(23,24)25-2;1-15-14(19)16-11-7-9-13(10-8-11)18-17-12-5-3-2-4-6-12;1-3-2;1-2/h3-9,21H,10H2,1-2H3,(H2,17,18,22);2-10H,1H3,(H2,15,16,19);1-2H3;1-2H3. The van der Waals surface area contributed by atoms with Crippen molar-refractivity contribution in [1.29, 1.82) is 0 Å². The average Bonchev–Trinajstić information content (AvgIpc) is 3.16. The van der Waals surface area contributed by atoms with Crippen molar-refractivity contribution in [1.82, 2.24) is 10.6 Å². The van der Waals surface area contributed by atoms with Gasteiger partial charge in [0.25, 0.3) is 10.1 Å². The van der Waals surface area contributed by atoms with Gasteiger partial charge in [0.1, 0.15) is 0 Å². The number of hydrogen-bond acceptors (Lipinski definition) is 11. The van der Waals surface area contributed by atoms with E-state index in [-0.39, 0.29) is 17.5 Å². The lowest BCUT2D eigenvalue weighted by atomic mass is 10.1. The van der Waals surface area contributed by atoms with Crippen LogP contribution >= 0.6 is 0 Å². The number of carbonyl (C=O) groups excluding carboxylic acids is 2. The third kappa shape index (κ3) is 15.6. The fourth-order valence-corrected chi connectivity index (χ4v) is 4.11. The predicted molar refractivity (Wildman–Crippen MR) is 195 cm³/mol. The molecule has 4 amide bonds. The van der Waals surface area contributed by atoms with Gasteiger partial charge in [-0.15, -0.1) is 0 Å². The Morgan fingerprint density at radius 2 is 1.14 bits per heavy atom. The number of carbonyl (C=O) groups is 2. The van der Waals surface area contributed by atoms with Gasteiger partial charge in [-0.25, -0.2) is 9.59 Å². The highest BCUT2D eigenvalue weighted by atomic mass is 32.2. The van der Waals surface area contributed by atoms with E-state index in [1.165, 1.54) is 25.2 Å². The smallest absolute Gasteiger partial charge is 0.318 e. The summed E-state index contributed by atoms with van der Waals surface area (Å²) in [5.41, 5.74) is 3.89. The minimum atomic E-state index is -3.81. The number of aliphatic hydroxyl groups excluding tert-OH is 1. The second-order valence-electron chi connectivity index (χ2n) is 9.22. The number of amides is 4. The quantitative estimate of drug-likeness (QED) is 0.0860. The van der Waals surface area contributed by atoms with Crippen LogP contribution in [0.5, 0.6) is 0 Å². The summed E-state index contributed by atoms with van der Waals surface area (Å²) in [6.45, 7) is 3.70. The van der Waals surface area contributed by atoms with E-state index >= 15 is 0 Å². The van der Waals surface area contributed by atoms with Crippen LogP contribution < -0.4 is 21.3 Å². The second kappa shape index (κ2) is 23.7. The minimum absolute atomic E-state index is 0.0300. The molecule has 0 bridgehead atoms. The molecule has 50 heavy (non-hydrogen) atoms. The molecule has 0 aliphatic rings. The zero-order valence-corrected chi connectivity index (χ0v) is 29.9. The van der Waals surface area contributed by atoms with E-state index in [0.717, 1.165) is 18.5 Å². The number of ether oxygens (including phenoxy) is 1. The highest BCUT2D eigenvalue weighted by Crippen LogP contribution is 2.26. The molecule has 0 aliphatic heterocycles. The van der Waals surface area contributed by atoms with Gasteiger partial charge in [-0.05, 0) is 72.8 Å². The number of benzene rings is 4. The molecule has 0 fully saturated rings. The van der Waals surface area contributed by atoms with Crippen molar-refractivity contribution in [3.8, 4) is 0 Å². The van der Waals surface area contributed by atoms with Crippen LogP contribution in [0.25, 0.3) is 0 Å². The number of nitrogens with one attached hydrogen (secondary N) is 4. The molecule has 15 nitrogen and oxygen atoms in total.